The summed E-state index contributed by atoms with van der Waals surface area (Å²) in [6.45, 7) is 0. The Labute approximate surface area is 188 Å². The standard InChI is InChI=1S/C23H21N3O5S/c1-29-17-10-9-15(20(30-2)21(17)31-3)11-18(27)25-26-13-24-22-19(23(26)28)16(12-32-22)14-7-5-4-6-8-14/h4-10,12-13H,11H2,1-3H3,(H,25,27). The van der Waals surface area contributed by atoms with Crippen LogP contribution in [0.15, 0.2) is 59.0 Å². The quantitative estimate of drug-likeness (QED) is 0.463. The molecule has 0 radical (unpaired) electrons. The second-order valence-corrected chi connectivity index (χ2v) is 7.68. The van der Waals surface area contributed by atoms with Gasteiger partial charge < -0.3 is 14.2 Å². The van der Waals surface area contributed by atoms with Gasteiger partial charge in [-0.05, 0) is 11.6 Å². The first kappa shape index (κ1) is 21.4. The highest BCUT2D eigenvalue weighted by Gasteiger charge is 2.19. The van der Waals surface area contributed by atoms with Gasteiger partial charge in [0.25, 0.3) is 5.56 Å². The molecule has 2 aromatic carbocycles. The third-order valence-corrected chi connectivity index (χ3v) is 5.85. The Kier molecular flexibility index (Phi) is 6.09. The van der Waals surface area contributed by atoms with Crippen molar-refractivity contribution in [3.05, 3.63) is 70.1 Å². The average molecular weight is 452 g/mol. The van der Waals surface area contributed by atoms with Crippen molar-refractivity contribution in [2.75, 3.05) is 26.8 Å². The zero-order chi connectivity index (χ0) is 22.7. The van der Waals surface area contributed by atoms with Crippen LogP contribution in [0.5, 0.6) is 17.2 Å². The second-order valence-electron chi connectivity index (χ2n) is 6.82. The predicted octanol–water partition coefficient (Wildman–Crippen LogP) is 3.46. The summed E-state index contributed by atoms with van der Waals surface area (Å²) in [6, 6.07) is 13.0. The Morgan fingerprint density at radius 2 is 1.78 bits per heavy atom. The molecule has 164 valence electrons. The van der Waals surface area contributed by atoms with E-state index in [2.05, 4.69) is 10.4 Å². The number of nitrogens with zero attached hydrogens (tertiary/aromatic N) is 2. The van der Waals surface area contributed by atoms with Crippen molar-refractivity contribution in [2.24, 2.45) is 0 Å². The molecule has 0 unspecified atom stereocenters. The SMILES string of the molecule is COc1ccc(CC(=O)Nn2cnc3scc(-c4ccccc4)c3c2=O)c(OC)c1OC. The van der Waals surface area contributed by atoms with Gasteiger partial charge in [0, 0.05) is 16.5 Å². The van der Waals surface area contributed by atoms with Crippen molar-refractivity contribution >= 4 is 27.5 Å². The molecule has 2 heterocycles. The number of methoxy groups -OCH3 is 3. The summed E-state index contributed by atoms with van der Waals surface area (Å²) in [6.07, 6.45) is 1.28. The van der Waals surface area contributed by atoms with E-state index in [0.29, 0.717) is 33.0 Å². The fourth-order valence-electron chi connectivity index (χ4n) is 3.49. The van der Waals surface area contributed by atoms with Crippen molar-refractivity contribution in [1.82, 2.24) is 9.66 Å². The van der Waals surface area contributed by atoms with Gasteiger partial charge in [0.05, 0.1) is 33.1 Å². The number of benzene rings is 2. The molecule has 0 saturated heterocycles. The zero-order valence-electron chi connectivity index (χ0n) is 17.7. The molecule has 4 rings (SSSR count). The number of rotatable bonds is 7. The lowest BCUT2D eigenvalue weighted by molar-refractivity contribution is -0.116. The fraction of sp³-hybridized carbons (Fsp3) is 0.174. The summed E-state index contributed by atoms with van der Waals surface area (Å²) in [5, 5.41) is 2.36. The first-order chi connectivity index (χ1) is 15.6. The van der Waals surface area contributed by atoms with Gasteiger partial charge in [-0.1, -0.05) is 36.4 Å². The van der Waals surface area contributed by atoms with Gasteiger partial charge in [-0.25, -0.2) is 9.66 Å². The lowest BCUT2D eigenvalue weighted by atomic mass is 10.1. The molecule has 0 fully saturated rings. The summed E-state index contributed by atoms with van der Waals surface area (Å²) >= 11 is 1.39. The molecule has 1 N–H and O–H groups in total. The van der Waals surface area contributed by atoms with Gasteiger partial charge in [0.15, 0.2) is 11.5 Å². The summed E-state index contributed by atoms with van der Waals surface area (Å²) in [5.74, 6) is 0.874. The molecule has 0 aliphatic rings. The van der Waals surface area contributed by atoms with Crippen LogP contribution in [-0.2, 0) is 11.2 Å². The number of nitrogens with one attached hydrogen (secondary N) is 1. The third kappa shape index (κ3) is 3.90. The minimum Gasteiger partial charge on any atom is -0.493 e. The summed E-state index contributed by atoms with van der Waals surface area (Å²) in [4.78, 5) is 30.8. The number of amides is 1. The number of carbonyl (C=O) groups is 1. The smallest absolute Gasteiger partial charge is 0.281 e. The van der Waals surface area contributed by atoms with Gasteiger partial charge in [-0.15, -0.1) is 11.3 Å². The van der Waals surface area contributed by atoms with Gasteiger partial charge in [0.1, 0.15) is 11.2 Å². The maximum Gasteiger partial charge on any atom is 0.281 e. The van der Waals surface area contributed by atoms with Gasteiger partial charge in [-0.2, -0.15) is 0 Å². The number of hydrogen-bond acceptors (Lipinski definition) is 7. The Morgan fingerprint density at radius 3 is 2.47 bits per heavy atom. The maximum absolute atomic E-state index is 13.1. The minimum absolute atomic E-state index is 0.0385. The van der Waals surface area contributed by atoms with Crippen LogP contribution in [0.25, 0.3) is 21.3 Å². The minimum atomic E-state index is -0.407. The number of carbonyl (C=O) groups excluding carboxylic acids is 1. The van der Waals surface area contributed by atoms with E-state index in [1.54, 1.807) is 12.1 Å². The maximum atomic E-state index is 13.1. The zero-order valence-corrected chi connectivity index (χ0v) is 18.6. The predicted molar refractivity (Wildman–Crippen MR) is 123 cm³/mol. The number of ether oxygens (including phenoxy) is 3. The molecule has 0 spiro atoms. The van der Waals surface area contributed by atoms with Crippen molar-refractivity contribution < 1.29 is 19.0 Å². The monoisotopic (exact) mass is 451 g/mol. The molecule has 0 bridgehead atoms. The van der Waals surface area contributed by atoms with Crippen molar-refractivity contribution in [1.29, 1.82) is 0 Å². The first-order valence-corrected chi connectivity index (χ1v) is 10.6. The van der Waals surface area contributed by atoms with Crippen molar-refractivity contribution in [2.45, 2.75) is 6.42 Å². The molecule has 8 nitrogen and oxygen atoms in total. The lowest BCUT2D eigenvalue weighted by Crippen LogP contribution is -2.34. The Morgan fingerprint density at radius 1 is 1.03 bits per heavy atom. The highest BCUT2D eigenvalue weighted by molar-refractivity contribution is 7.17. The van der Waals surface area contributed by atoms with Crippen LogP contribution >= 0.6 is 11.3 Å². The Bertz CT molecular complexity index is 1330. The number of hydrogen-bond donors (Lipinski definition) is 1. The normalized spacial score (nSPS) is 10.7. The van der Waals surface area contributed by atoms with E-state index >= 15 is 0 Å². The number of aromatic nitrogens is 2. The average Bonchev–Trinajstić information content (AvgIpc) is 3.26. The van der Waals surface area contributed by atoms with Crippen LogP contribution in [-0.4, -0.2) is 36.9 Å². The van der Waals surface area contributed by atoms with E-state index in [1.165, 1.54) is 39.0 Å². The van der Waals surface area contributed by atoms with E-state index in [0.717, 1.165) is 15.8 Å². The molecule has 4 aromatic rings. The first-order valence-electron chi connectivity index (χ1n) is 9.69. The van der Waals surface area contributed by atoms with E-state index in [9.17, 15) is 9.59 Å². The lowest BCUT2D eigenvalue weighted by Gasteiger charge is -2.16. The molecule has 2 aromatic heterocycles. The van der Waals surface area contributed by atoms with Gasteiger partial charge in [-0.3, -0.25) is 15.0 Å². The van der Waals surface area contributed by atoms with E-state index in [4.69, 9.17) is 14.2 Å². The molecular formula is C23H21N3O5S. The van der Waals surface area contributed by atoms with Gasteiger partial charge >= 0.3 is 0 Å². The fourth-order valence-corrected chi connectivity index (χ4v) is 4.40. The topological polar surface area (TPSA) is 91.7 Å². The molecule has 0 aliphatic carbocycles. The highest BCUT2D eigenvalue weighted by atomic mass is 32.1. The van der Waals surface area contributed by atoms with Crippen LogP contribution in [0.2, 0.25) is 0 Å². The molecule has 0 aliphatic heterocycles. The molecule has 9 heteroatoms. The van der Waals surface area contributed by atoms with E-state index in [-0.39, 0.29) is 12.0 Å². The van der Waals surface area contributed by atoms with Crippen LogP contribution in [0, 0.1) is 0 Å². The third-order valence-electron chi connectivity index (χ3n) is 4.96. The van der Waals surface area contributed by atoms with Crippen molar-refractivity contribution in [3.63, 3.8) is 0 Å². The summed E-state index contributed by atoms with van der Waals surface area (Å²) < 4.78 is 17.2. The van der Waals surface area contributed by atoms with E-state index < -0.39 is 5.91 Å². The van der Waals surface area contributed by atoms with Crippen molar-refractivity contribution in [3.8, 4) is 28.4 Å². The Balaban J connectivity index is 1.64. The van der Waals surface area contributed by atoms with Crippen LogP contribution < -0.4 is 25.2 Å². The second kappa shape index (κ2) is 9.11. The van der Waals surface area contributed by atoms with Crippen LogP contribution in [0.1, 0.15) is 5.56 Å². The molecule has 0 atom stereocenters. The molecule has 0 saturated carbocycles. The number of fused-ring (bicyclic) bond motifs is 1. The number of thiophene rings is 1. The van der Waals surface area contributed by atoms with E-state index in [1.807, 2.05) is 35.7 Å². The van der Waals surface area contributed by atoms with Gasteiger partial charge in [0.2, 0.25) is 11.7 Å². The van der Waals surface area contributed by atoms with Crippen LogP contribution in [0.3, 0.4) is 0 Å². The summed E-state index contributed by atoms with van der Waals surface area (Å²) in [7, 11) is 4.51. The summed E-state index contributed by atoms with van der Waals surface area (Å²) in [5.41, 5.74) is 4.56. The highest BCUT2D eigenvalue weighted by Crippen LogP contribution is 2.39. The molecular weight excluding hydrogens is 430 g/mol. The van der Waals surface area contributed by atoms with Crippen LogP contribution in [0.4, 0.5) is 0 Å². The Hall–Kier alpha value is -3.85. The molecule has 1 amide bonds. The molecule has 32 heavy (non-hydrogen) atoms. The largest absolute Gasteiger partial charge is 0.493 e.